The number of aromatic nitrogens is 1. The Kier molecular flexibility index (Phi) is 6.17. The molecule has 12 heteroatoms. The van der Waals surface area contributed by atoms with E-state index in [4.69, 9.17) is 11.5 Å². The molecule has 2 amide bonds. The summed E-state index contributed by atoms with van der Waals surface area (Å²) in [7, 11) is 0. The van der Waals surface area contributed by atoms with E-state index in [-0.39, 0.29) is 47.9 Å². The smallest absolute Gasteiger partial charge is 0.269 e. The fourth-order valence-corrected chi connectivity index (χ4v) is 6.78. The number of hydrogen-bond donors (Lipinski definition) is 6. The van der Waals surface area contributed by atoms with Gasteiger partial charge in [0, 0.05) is 24.8 Å². The van der Waals surface area contributed by atoms with E-state index in [2.05, 4.69) is 50.8 Å². The maximum absolute atomic E-state index is 13.6. The van der Waals surface area contributed by atoms with E-state index in [9.17, 15) is 14.7 Å². The van der Waals surface area contributed by atoms with E-state index >= 15 is 0 Å². The summed E-state index contributed by atoms with van der Waals surface area (Å²) < 4.78 is 0. The summed E-state index contributed by atoms with van der Waals surface area (Å²) in [6.07, 6.45) is 3.34. The fraction of sp³-hybridized carbons (Fsp3) is 0.464. The van der Waals surface area contributed by atoms with Crippen molar-refractivity contribution in [1.29, 1.82) is 0 Å². The Labute approximate surface area is 232 Å². The van der Waals surface area contributed by atoms with Gasteiger partial charge in [-0.25, -0.2) is 9.98 Å². The van der Waals surface area contributed by atoms with Crippen molar-refractivity contribution in [3.05, 3.63) is 65.0 Å². The van der Waals surface area contributed by atoms with E-state index in [1.54, 1.807) is 29.3 Å². The quantitative estimate of drug-likeness (QED) is 0.293. The summed E-state index contributed by atoms with van der Waals surface area (Å²) in [6, 6.07) is 9.00. The van der Waals surface area contributed by atoms with E-state index in [1.807, 2.05) is 12.1 Å². The molecular formula is C28H35N9O3. The summed E-state index contributed by atoms with van der Waals surface area (Å²) in [5.41, 5.74) is 14.5. The van der Waals surface area contributed by atoms with Gasteiger partial charge in [0.1, 0.15) is 17.8 Å². The molecule has 6 rings (SSSR count). The number of nitrogens with zero attached hydrogens (tertiary/aromatic N) is 4. The number of benzene rings is 1. The second-order valence-electron chi connectivity index (χ2n) is 11.6. The minimum absolute atomic E-state index is 0.00186. The highest BCUT2D eigenvalue weighted by molar-refractivity contribution is 5.97. The number of pyridine rings is 1. The molecule has 1 saturated heterocycles. The molecule has 5 atom stereocenters. The first-order valence-electron chi connectivity index (χ1n) is 13.6. The zero-order valence-corrected chi connectivity index (χ0v) is 22.6. The number of nitrogens with one attached hydrogen (secondary N) is 3. The van der Waals surface area contributed by atoms with E-state index in [0.29, 0.717) is 5.56 Å². The summed E-state index contributed by atoms with van der Waals surface area (Å²) in [6.45, 7) is 4.73. The number of guanidine groups is 2. The van der Waals surface area contributed by atoms with Crippen molar-refractivity contribution in [3.8, 4) is 0 Å². The molecule has 210 valence electrons. The third-order valence-corrected chi connectivity index (χ3v) is 8.72. The average molecular weight is 546 g/mol. The molecule has 4 heterocycles. The van der Waals surface area contributed by atoms with Crippen molar-refractivity contribution in [1.82, 2.24) is 25.8 Å². The van der Waals surface area contributed by atoms with Crippen LogP contribution in [-0.2, 0) is 11.8 Å². The van der Waals surface area contributed by atoms with E-state index < -0.39 is 29.9 Å². The number of aliphatic hydroxyl groups is 1. The SMILES string of the molecule is CC1(C)CCCc2c(C(=O)NC3CN4C(N)=N[C@@H](CNC(=O)c5ccccn5)[C@@H]5N=C(N)N[C@@]54[C@@H]3O)cccc21. The molecule has 4 aliphatic rings. The van der Waals surface area contributed by atoms with Gasteiger partial charge in [-0.05, 0) is 54.0 Å². The first-order chi connectivity index (χ1) is 19.1. The number of aliphatic hydroxyl groups excluding tert-OH is 1. The van der Waals surface area contributed by atoms with Crippen LogP contribution in [0.1, 0.15) is 58.7 Å². The van der Waals surface area contributed by atoms with Crippen LogP contribution in [0.15, 0.2) is 52.6 Å². The number of hydrogen-bond acceptors (Lipinski definition) is 10. The molecule has 0 saturated carbocycles. The van der Waals surface area contributed by atoms with Crippen molar-refractivity contribution >= 4 is 23.7 Å². The number of nitrogens with two attached hydrogens (primary N) is 2. The van der Waals surface area contributed by atoms with Gasteiger partial charge in [0.05, 0.1) is 12.1 Å². The second kappa shape index (κ2) is 9.47. The predicted octanol–water partition coefficient (Wildman–Crippen LogP) is -0.420. The number of carbonyl (C=O) groups is 2. The fourth-order valence-electron chi connectivity index (χ4n) is 6.78. The Morgan fingerprint density at radius 1 is 1.15 bits per heavy atom. The van der Waals surface area contributed by atoms with Crippen molar-refractivity contribution in [2.45, 2.75) is 68.4 Å². The number of carbonyl (C=O) groups excluding carboxylic acids is 2. The van der Waals surface area contributed by atoms with Crippen molar-refractivity contribution in [3.63, 3.8) is 0 Å². The number of aliphatic imine (C=N–C) groups is 2. The van der Waals surface area contributed by atoms with Crippen LogP contribution in [0.3, 0.4) is 0 Å². The topological polar surface area (TPSA) is 183 Å². The van der Waals surface area contributed by atoms with Crippen LogP contribution >= 0.6 is 0 Å². The van der Waals surface area contributed by atoms with Gasteiger partial charge >= 0.3 is 0 Å². The van der Waals surface area contributed by atoms with Gasteiger partial charge in [0.15, 0.2) is 17.6 Å². The third kappa shape index (κ3) is 4.05. The zero-order valence-electron chi connectivity index (χ0n) is 22.6. The lowest BCUT2D eigenvalue weighted by Gasteiger charge is -2.46. The van der Waals surface area contributed by atoms with Gasteiger partial charge in [-0.2, -0.15) is 0 Å². The van der Waals surface area contributed by atoms with Crippen LogP contribution < -0.4 is 27.4 Å². The van der Waals surface area contributed by atoms with Crippen LogP contribution in [0.25, 0.3) is 0 Å². The van der Waals surface area contributed by atoms with E-state index in [0.717, 1.165) is 24.8 Å². The monoisotopic (exact) mass is 545 g/mol. The van der Waals surface area contributed by atoms with Gasteiger partial charge in [0.25, 0.3) is 11.8 Å². The Bertz CT molecular complexity index is 1410. The molecular weight excluding hydrogens is 510 g/mol. The molecule has 0 radical (unpaired) electrons. The number of rotatable bonds is 5. The van der Waals surface area contributed by atoms with Gasteiger partial charge < -0.3 is 37.4 Å². The Morgan fingerprint density at radius 3 is 2.75 bits per heavy atom. The molecule has 40 heavy (non-hydrogen) atoms. The van der Waals surface area contributed by atoms with Crippen molar-refractivity contribution in [2.75, 3.05) is 13.1 Å². The molecule has 1 spiro atoms. The lowest BCUT2D eigenvalue weighted by atomic mass is 9.71. The standard InChI is InChI=1S/C28H35N9O3/c1-27(2)11-6-8-15-16(7-5-9-17(15)27)23(39)33-20-14-37-26(30)34-19(13-32-24(40)18-10-3-4-12-31-18)21-28(37,22(20)38)36-25(29)35-21/h3-5,7,9-10,12,19-22,38H,6,8,11,13-14H2,1-2H3,(H2,30,34)(H,32,40)(H,33,39)(H3,29,35,36)/t19-,20?,21-,22+,28-/m0/s1. The lowest BCUT2D eigenvalue weighted by molar-refractivity contribution is 0.0144. The molecule has 0 bridgehead atoms. The second-order valence-corrected chi connectivity index (χ2v) is 11.6. The highest BCUT2D eigenvalue weighted by Gasteiger charge is 2.65. The van der Waals surface area contributed by atoms with Crippen molar-refractivity contribution in [2.24, 2.45) is 21.5 Å². The molecule has 1 unspecified atom stereocenters. The van der Waals surface area contributed by atoms with Gasteiger partial charge in [-0.3, -0.25) is 14.6 Å². The zero-order chi connectivity index (χ0) is 28.2. The van der Waals surface area contributed by atoms with Crippen LogP contribution in [0, 0.1) is 0 Å². The molecule has 1 aromatic heterocycles. The summed E-state index contributed by atoms with van der Waals surface area (Å²) in [5, 5.41) is 20.7. The highest BCUT2D eigenvalue weighted by atomic mass is 16.3. The Balaban J connectivity index is 1.23. The van der Waals surface area contributed by atoms with Crippen LogP contribution in [0.2, 0.25) is 0 Å². The van der Waals surface area contributed by atoms with Gasteiger partial charge in [-0.1, -0.05) is 32.0 Å². The van der Waals surface area contributed by atoms with Crippen LogP contribution in [-0.4, -0.2) is 81.7 Å². The molecule has 8 N–H and O–H groups in total. The Hall–Kier alpha value is -4.19. The van der Waals surface area contributed by atoms with Crippen molar-refractivity contribution < 1.29 is 14.7 Å². The maximum Gasteiger partial charge on any atom is 0.269 e. The predicted molar refractivity (Wildman–Crippen MR) is 150 cm³/mol. The largest absolute Gasteiger partial charge is 0.386 e. The number of amides is 2. The molecule has 12 nitrogen and oxygen atoms in total. The normalized spacial score (nSPS) is 29.7. The molecule has 1 aromatic carbocycles. The van der Waals surface area contributed by atoms with Gasteiger partial charge in [0.2, 0.25) is 0 Å². The average Bonchev–Trinajstić information content (AvgIpc) is 3.43. The third-order valence-electron chi connectivity index (χ3n) is 8.72. The number of fused-ring (bicyclic) bond motifs is 1. The summed E-state index contributed by atoms with van der Waals surface area (Å²) >= 11 is 0. The molecule has 2 aromatic rings. The molecule has 1 aliphatic carbocycles. The minimum atomic E-state index is -1.22. The first-order valence-corrected chi connectivity index (χ1v) is 13.6. The lowest BCUT2D eigenvalue weighted by Crippen LogP contribution is -2.73. The molecule has 3 aliphatic heterocycles. The van der Waals surface area contributed by atoms with Crippen LogP contribution in [0.5, 0.6) is 0 Å². The van der Waals surface area contributed by atoms with E-state index in [1.165, 1.54) is 5.56 Å². The minimum Gasteiger partial charge on any atom is -0.386 e. The molecule has 1 fully saturated rings. The maximum atomic E-state index is 13.6. The van der Waals surface area contributed by atoms with Gasteiger partial charge in [-0.15, -0.1) is 0 Å². The highest BCUT2D eigenvalue weighted by Crippen LogP contribution is 2.41. The Morgan fingerprint density at radius 2 is 1.98 bits per heavy atom. The first kappa shape index (κ1) is 26.1. The van der Waals surface area contributed by atoms with Crippen LogP contribution in [0.4, 0.5) is 0 Å². The summed E-state index contributed by atoms with van der Waals surface area (Å²) in [4.78, 5) is 41.2. The summed E-state index contributed by atoms with van der Waals surface area (Å²) in [5.74, 6) is -0.306.